The number of hydrogen-bond acceptors (Lipinski definition) is 6. The lowest BCUT2D eigenvalue weighted by molar-refractivity contribution is -0.137. The van der Waals surface area contributed by atoms with Crippen LogP contribution in [0.3, 0.4) is 0 Å². The number of benzene rings is 1. The van der Waals surface area contributed by atoms with Crippen LogP contribution in [-0.2, 0) is 21.1 Å². The van der Waals surface area contributed by atoms with Gasteiger partial charge in [0.1, 0.15) is 5.82 Å². The van der Waals surface area contributed by atoms with Crippen molar-refractivity contribution in [3.63, 3.8) is 0 Å². The van der Waals surface area contributed by atoms with Crippen LogP contribution < -0.4 is 4.90 Å². The number of carboxylic acid groups (broad SMARTS) is 1. The molecule has 2 aliphatic rings. The summed E-state index contributed by atoms with van der Waals surface area (Å²) in [6.07, 6.45) is 4.62. The fourth-order valence-corrected chi connectivity index (χ4v) is 6.69. The highest BCUT2D eigenvalue weighted by Gasteiger charge is 2.37. The minimum absolute atomic E-state index is 0.0123. The standard InChI is InChI=1S/C21H20Cl2N2O4S2/c1-31(28,29)18-6-7-24-21-14(18)11-17(30-13-4-5-15(22)16(23)10-13)20-12(9-19(26)27)3-2-8-25(20)21/h4-7,10,12H,2-3,8-9,11H2,1H3,(H,26,27). The molecule has 6 nitrogen and oxygen atoms in total. The van der Waals surface area contributed by atoms with E-state index >= 15 is 0 Å². The number of allylic oxidation sites excluding steroid dienone is 2. The predicted molar refractivity (Wildman–Crippen MR) is 123 cm³/mol. The number of anilines is 1. The number of carbonyl (C=O) groups is 1. The number of fused-ring (bicyclic) bond motifs is 3. The molecular formula is C21H20Cl2N2O4S2. The van der Waals surface area contributed by atoms with Crippen molar-refractivity contribution in [3.8, 4) is 0 Å². The van der Waals surface area contributed by atoms with Gasteiger partial charge in [0.2, 0.25) is 0 Å². The van der Waals surface area contributed by atoms with Crippen LogP contribution in [0.1, 0.15) is 24.8 Å². The number of rotatable bonds is 5. The molecule has 1 N–H and O–H groups in total. The van der Waals surface area contributed by atoms with Crippen LogP contribution in [0.15, 0.2) is 50.9 Å². The Morgan fingerprint density at radius 3 is 2.74 bits per heavy atom. The van der Waals surface area contributed by atoms with Gasteiger partial charge in [-0.1, -0.05) is 35.0 Å². The molecule has 0 radical (unpaired) electrons. The lowest BCUT2D eigenvalue weighted by Gasteiger charge is -2.41. The topological polar surface area (TPSA) is 87.6 Å². The Hall–Kier alpha value is -1.74. The highest BCUT2D eigenvalue weighted by atomic mass is 35.5. The van der Waals surface area contributed by atoms with E-state index in [1.54, 1.807) is 12.1 Å². The molecule has 0 amide bonds. The first-order valence-corrected chi connectivity index (χ1v) is 13.1. The van der Waals surface area contributed by atoms with Gasteiger partial charge in [-0.05, 0) is 37.1 Å². The molecule has 10 heteroatoms. The molecule has 0 aliphatic carbocycles. The Kier molecular flexibility index (Phi) is 6.27. The van der Waals surface area contributed by atoms with Crippen LogP contribution in [0.4, 0.5) is 5.82 Å². The van der Waals surface area contributed by atoms with Crippen molar-refractivity contribution in [1.29, 1.82) is 0 Å². The number of nitrogens with zero attached hydrogens (tertiary/aromatic N) is 2. The van der Waals surface area contributed by atoms with E-state index in [2.05, 4.69) is 4.98 Å². The maximum absolute atomic E-state index is 12.4. The van der Waals surface area contributed by atoms with Crippen molar-refractivity contribution in [2.45, 2.75) is 35.5 Å². The van der Waals surface area contributed by atoms with E-state index in [4.69, 9.17) is 23.2 Å². The zero-order valence-electron chi connectivity index (χ0n) is 16.6. The van der Waals surface area contributed by atoms with Crippen LogP contribution in [0, 0.1) is 5.92 Å². The van der Waals surface area contributed by atoms with E-state index in [1.165, 1.54) is 30.3 Å². The third-order valence-electron chi connectivity index (χ3n) is 5.43. The monoisotopic (exact) mass is 498 g/mol. The first kappa shape index (κ1) is 22.5. The Morgan fingerprint density at radius 1 is 1.29 bits per heavy atom. The summed E-state index contributed by atoms with van der Waals surface area (Å²) in [4.78, 5) is 20.1. The van der Waals surface area contributed by atoms with Crippen molar-refractivity contribution >= 4 is 56.6 Å². The van der Waals surface area contributed by atoms with Gasteiger partial charge in [0.15, 0.2) is 9.84 Å². The van der Waals surface area contributed by atoms with Crippen LogP contribution in [0.2, 0.25) is 10.0 Å². The minimum Gasteiger partial charge on any atom is -0.481 e. The summed E-state index contributed by atoms with van der Waals surface area (Å²) in [6.45, 7) is 0.657. The average Bonchev–Trinajstić information content (AvgIpc) is 2.69. The highest BCUT2D eigenvalue weighted by Crippen LogP contribution is 2.47. The molecular weight excluding hydrogens is 479 g/mol. The number of sulfone groups is 1. The molecule has 1 aromatic heterocycles. The van der Waals surface area contributed by atoms with Crippen molar-refractivity contribution in [1.82, 2.24) is 4.98 Å². The van der Waals surface area contributed by atoms with Gasteiger partial charge in [-0.2, -0.15) is 0 Å². The summed E-state index contributed by atoms with van der Waals surface area (Å²) in [7, 11) is -3.45. The molecule has 31 heavy (non-hydrogen) atoms. The molecule has 1 fully saturated rings. The molecule has 4 rings (SSSR count). The van der Waals surface area contributed by atoms with E-state index < -0.39 is 15.8 Å². The maximum atomic E-state index is 12.4. The van der Waals surface area contributed by atoms with Gasteiger partial charge < -0.3 is 10.0 Å². The maximum Gasteiger partial charge on any atom is 0.304 e. The first-order valence-electron chi connectivity index (χ1n) is 9.68. The summed E-state index contributed by atoms with van der Waals surface area (Å²) in [5, 5.41) is 10.3. The molecule has 1 aromatic carbocycles. The first-order chi connectivity index (χ1) is 14.6. The zero-order chi connectivity index (χ0) is 22.3. The third kappa shape index (κ3) is 4.58. The second-order valence-electron chi connectivity index (χ2n) is 7.64. The van der Waals surface area contributed by atoms with Gasteiger partial charge in [-0.3, -0.25) is 4.79 Å². The van der Waals surface area contributed by atoms with E-state index in [-0.39, 0.29) is 17.2 Å². The number of carboxylic acids is 1. The van der Waals surface area contributed by atoms with Crippen molar-refractivity contribution in [3.05, 3.63) is 56.7 Å². The summed E-state index contributed by atoms with van der Waals surface area (Å²) in [5.41, 5.74) is 1.56. The normalized spacial score (nSPS) is 18.5. The Morgan fingerprint density at radius 2 is 2.06 bits per heavy atom. The molecule has 2 aromatic rings. The summed E-state index contributed by atoms with van der Waals surface area (Å²) in [5.74, 6) is -0.429. The molecule has 1 saturated heterocycles. The number of aromatic nitrogens is 1. The van der Waals surface area contributed by atoms with Crippen LogP contribution >= 0.6 is 35.0 Å². The Labute approximate surface area is 195 Å². The van der Waals surface area contributed by atoms with Crippen molar-refractivity contribution in [2.75, 3.05) is 17.7 Å². The molecule has 0 bridgehead atoms. The lowest BCUT2D eigenvalue weighted by atomic mass is 9.87. The van der Waals surface area contributed by atoms with Gasteiger partial charge in [-0.25, -0.2) is 13.4 Å². The second-order valence-corrected chi connectivity index (χ2v) is 11.6. The van der Waals surface area contributed by atoms with Gasteiger partial charge in [0.25, 0.3) is 0 Å². The Bertz CT molecular complexity index is 1200. The highest BCUT2D eigenvalue weighted by molar-refractivity contribution is 8.03. The van der Waals surface area contributed by atoms with Crippen LogP contribution in [-0.4, -0.2) is 37.3 Å². The van der Waals surface area contributed by atoms with Crippen molar-refractivity contribution in [2.24, 2.45) is 5.92 Å². The molecule has 1 atom stereocenters. The molecule has 1 unspecified atom stereocenters. The van der Waals surface area contributed by atoms with E-state index in [9.17, 15) is 18.3 Å². The number of pyridine rings is 1. The van der Waals surface area contributed by atoms with Crippen LogP contribution in [0.5, 0.6) is 0 Å². The summed E-state index contributed by atoms with van der Waals surface area (Å²) >= 11 is 13.7. The number of piperidine rings is 1. The lowest BCUT2D eigenvalue weighted by Crippen LogP contribution is -2.39. The number of thioether (sulfide) groups is 1. The van der Waals surface area contributed by atoms with E-state index in [1.807, 2.05) is 11.0 Å². The molecule has 3 heterocycles. The molecule has 0 spiro atoms. The second kappa shape index (κ2) is 8.65. The largest absolute Gasteiger partial charge is 0.481 e. The summed E-state index contributed by atoms with van der Waals surface area (Å²) < 4.78 is 24.9. The molecule has 0 saturated carbocycles. The fourth-order valence-electron chi connectivity index (χ4n) is 4.21. The number of hydrogen-bond donors (Lipinski definition) is 1. The van der Waals surface area contributed by atoms with E-state index in [0.29, 0.717) is 34.4 Å². The average molecular weight is 499 g/mol. The van der Waals surface area contributed by atoms with Crippen LogP contribution in [0.25, 0.3) is 0 Å². The minimum atomic E-state index is -3.45. The fraction of sp³-hybridized carbons (Fsp3) is 0.333. The van der Waals surface area contributed by atoms with Gasteiger partial charge in [0, 0.05) is 52.4 Å². The van der Waals surface area contributed by atoms with Gasteiger partial charge >= 0.3 is 5.97 Å². The Balaban J connectivity index is 1.86. The SMILES string of the molecule is CS(=O)(=O)c1ccnc2c1CC(Sc1ccc(Cl)c(Cl)c1)=C1C(CC(=O)O)CCCN12. The van der Waals surface area contributed by atoms with Gasteiger partial charge in [-0.15, -0.1) is 0 Å². The zero-order valence-corrected chi connectivity index (χ0v) is 19.8. The van der Waals surface area contributed by atoms with Crippen molar-refractivity contribution < 1.29 is 18.3 Å². The quantitative estimate of drug-likeness (QED) is 0.617. The molecule has 2 aliphatic heterocycles. The smallest absolute Gasteiger partial charge is 0.304 e. The number of aliphatic carboxylic acids is 1. The summed E-state index contributed by atoms with van der Waals surface area (Å²) in [6, 6.07) is 6.85. The van der Waals surface area contributed by atoms with Gasteiger partial charge in [0.05, 0.1) is 21.4 Å². The molecule has 164 valence electrons. The van der Waals surface area contributed by atoms with E-state index in [0.717, 1.165) is 28.3 Å². The third-order valence-corrected chi connectivity index (χ3v) is 8.44. The predicted octanol–water partition coefficient (Wildman–Crippen LogP) is 5.04. The number of halogens is 2.